The van der Waals surface area contributed by atoms with Crippen LogP contribution in [0.25, 0.3) is 0 Å². The Hall–Kier alpha value is -1.70. The van der Waals surface area contributed by atoms with Crippen molar-refractivity contribution in [2.45, 2.75) is 56.0 Å². The van der Waals surface area contributed by atoms with Gasteiger partial charge in [0.25, 0.3) is 5.91 Å². The van der Waals surface area contributed by atoms with Crippen LogP contribution in [0.1, 0.15) is 53.3 Å². The summed E-state index contributed by atoms with van der Waals surface area (Å²) in [6.07, 6.45) is -0.0759. The fourth-order valence-electron chi connectivity index (χ4n) is 2.95. The minimum atomic E-state index is -2.60. The second-order valence-electron chi connectivity index (χ2n) is 6.24. The third-order valence-corrected chi connectivity index (χ3v) is 5.46. The predicted octanol–water partition coefficient (Wildman–Crippen LogP) is 3.18. The lowest BCUT2D eigenvalue weighted by Gasteiger charge is -2.28. The third kappa shape index (κ3) is 3.99. The topological polar surface area (TPSA) is 78.4 Å². The van der Waals surface area contributed by atoms with Crippen molar-refractivity contribution in [1.29, 1.82) is 0 Å². The Balaban J connectivity index is 1.52. The highest BCUT2D eigenvalue weighted by atomic mass is 32.1. The first kappa shape index (κ1) is 16.2. The van der Waals surface area contributed by atoms with Gasteiger partial charge in [0, 0.05) is 41.1 Å². The lowest BCUT2D eigenvalue weighted by molar-refractivity contribution is -0.0399. The molecule has 2 saturated carbocycles. The molecule has 0 aromatic carbocycles. The maximum Gasteiger partial charge on any atom is 0.404 e. The fourth-order valence-corrected chi connectivity index (χ4v) is 4.02. The summed E-state index contributed by atoms with van der Waals surface area (Å²) in [7, 11) is 0. The summed E-state index contributed by atoms with van der Waals surface area (Å²) in [6, 6.07) is 1.49. The number of carboxylic acid groups (broad SMARTS) is 1. The first-order valence-corrected chi connectivity index (χ1v) is 8.48. The molecule has 0 spiro atoms. The van der Waals surface area contributed by atoms with Crippen LogP contribution >= 0.6 is 11.3 Å². The summed E-state index contributed by atoms with van der Waals surface area (Å²) in [5, 5.41) is 15.7. The number of hydrogen-bond donors (Lipinski definition) is 3. The number of rotatable bonds is 4. The minimum absolute atomic E-state index is 0.0809. The van der Waals surface area contributed by atoms with Crippen molar-refractivity contribution in [1.82, 2.24) is 10.6 Å². The molecule has 0 saturated heterocycles. The van der Waals surface area contributed by atoms with E-state index < -0.39 is 12.0 Å². The molecule has 3 N–H and O–H groups in total. The average Bonchev–Trinajstić information content (AvgIpc) is 3.04. The monoisotopic (exact) mass is 344 g/mol. The van der Waals surface area contributed by atoms with E-state index in [9.17, 15) is 18.4 Å². The maximum atomic E-state index is 13.1. The molecule has 2 aliphatic carbocycles. The van der Waals surface area contributed by atoms with Crippen LogP contribution in [0.4, 0.5) is 13.6 Å². The van der Waals surface area contributed by atoms with E-state index >= 15 is 0 Å². The van der Waals surface area contributed by atoms with Gasteiger partial charge in [0.1, 0.15) is 0 Å². The van der Waals surface area contributed by atoms with Crippen LogP contribution in [0.5, 0.6) is 0 Å². The van der Waals surface area contributed by atoms with Crippen molar-refractivity contribution < 1.29 is 23.5 Å². The molecule has 1 aromatic rings. The van der Waals surface area contributed by atoms with Gasteiger partial charge in [-0.2, -0.15) is 0 Å². The Morgan fingerprint density at radius 2 is 1.96 bits per heavy atom. The van der Waals surface area contributed by atoms with Gasteiger partial charge < -0.3 is 15.7 Å². The van der Waals surface area contributed by atoms with E-state index in [0.29, 0.717) is 18.4 Å². The highest BCUT2D eigenvalue weighted by Gasteiger charge is 2.41. The number of thiophene rings is 1. The maximum absolute atomic E-state index is 13.1. The van der Waals surface area contributed by atoms with E-state index in [1.165, 1.54) is 11.3 Å². The first-order valence-electron chi connectivity index (χ1n) is 7.61. The van der Waals surface area contributed by atoms with Crippen LogP contribution in [-0.4, -0.2) is 35.1 Å². The van der Waals surface area contributed by atoms with Crippen molar-refractivity contribution in [3.63, 3.8) is 0 Å². The standard InChI is InChI=1S/C15H18F2N2O3S/c16-15(17)3-1-9(2-4-15)18-13(20)8-5-12(23-7-8)10-6-11(10)19-14(21)22/h5,7,9-11,19H,1-4,6H2,(H,18,20)(H,21,22)/t10-,11-/m1/s1. The molecule has 2 amide bonds. The molecule has 2 atom stereocenters. The van der Waals surface area contributed by atoms with E-state index in [0.717, 1.165) is 11.3 Å². The van der Waals surface area contributed by atoms with Gasteiger partial charge in [-0.1, -0.05) is 0 Å². The summed E-state index contributed by atoms with van der Waals surface area (Å²) in [4.78, 5) is 23.7. The largest absolute Gasteiger partial charge is 0.465 e. The molecule has 5 nitrogen and oxygen atoms in total. The van der Waals surface area contributed by atoms with E-state index in [2.05, 4.69) is 10.6 Å². The summed E-state index contributed by atoms with van der Waals surface area (Å²) >= 11 is 1.43. The molecule has 0 bridgehead atoms. The second kappa shape index (κ2) is 6.07. The lowest BCUT2D eigenvalue weighted by atomic mass is 9.92. The van der Waals surface area contributed by atoms with Crippen LogP contribution in [-0.2, 0) is 0 Å². The summed E-state index contributed by atoms with van der Waals surface area (Å²) < 4.78 is 26.2. The Bertz CT molecular complexity index is 610. The van der Waals surface area contributed by atoms with E-state index in [1.54, 1.807) is 11.4 Å². The zero-order chi connectivity index (χ0) is 16.6. The van der Waals surface area contributed by atoms with Crippen LogP contribution in [0.15, 0.2) is 11.4 Å². The molecular weight excluding hydrogens is 326 g/mol. The molecule has 23 heavy (non-hydrogen) atoms. The number of halogens is 2. The molecule has 2 fully saturated rings. The lowest BCUT2D eigenvalue weighted by Crippen LogP contribution is -2.40. The molecule has 0 radical (unpaired) electrons. The number of hydrogen-bond acceptors (Lipinski definition) is 3. The predicted molar refractivity (Wildman–Crippen MR) is 81.3 cm³/mol. The van der Waals surface area contributed by atoms with E-state index in [-0.39, 0.29) is 36.8 Å². The molecule has 3 rings (SSSR count). The second-order valence-corrected chi connectivity index (χ2v) is 7.18. The van der Waals surface area contributed by atoms with Gasteiger partial charge in [-0.05, 0) is 25.3 Å². The quantitative estimate of drug-likeness (QED) is 0.785. The molecule has 2 aliphatic rings. The van der Waals surface area contributed by atoms with Gasteiger partial charge in [0.15, 0.2) is 0 Å². The molecule has 8 heteroatoms. The Labute approximate surface area is 136 Å². The minimum Gasteiger partial charge on any atom is -0.465 e. The molecule has 1 aromatic heterocycles. The fraction of sp³-hybridized carbons (Fsp3) is 0.600. The van der Waals surface area contributed by atoms with Crippen molar-refractivity contribution in [2.75, 3.05) is 0 Å². The number of amides is 2. The van der Waals surface area contributed by atoms with E-state index in [1.807, 2.05) is 0 Å². The molecule has 0 aliphatic heterocycles. The highest BCUT2D eigenvalue weighted by Crippen LogP contribution is 2.43. The van der Waals surface area contributed by atoms with Gasteiger partial charge in [0.05, 0.1) is 5.56 Å². The number of nitrogens with one attached hydrogen (secondary N) is 2. The summed E-state index contributed by atoms with van der Waals surface area (Å²) in [5.41, 5.74) is 0.517. The zero-order valence-corrected chi connectivity index (χ0v) is 13.2. The molecule has 126 valence electrons. The SMILES string of the molecule is O=C(O)N[C@@H]1C[C@H]1c1cc(C(=O)NC2CCC(F)(F)CC2)cs1. The highest BCUT2D eigenvalue weighted by molar-refractivity contribution is 7.10. The van der Waals surface area contributed by atoms with Crippen molar-refractivity contribution >= 4 is 23.3 Å². The van der Waals surface area contributed by atoms with Gasteiger partial charge in [-0.15, -0.1) is 11.3 Å². The van der Waals surface area contributed by atoms with Crippen LogP contribution in [0, 0.1) is 0 Å². The Kier molecular flexibility index (Phi) is 4.27. The normalized spacial score (nSPS) is 26.5. The summed E-state index contributed by atoms with van der Waals surface area (Å²) in [6.45, 7) is 0. The van der Waals surface area contributed by atoms with Crippen molar-refractivity contribution in [3.8, 4) is 0 Å². The molecule has 1 heterocycles. The smallest absolute Gasteiger partial charge is 0.404 e. The van der Waals surface area contributed by atoms with Gasteiger partial charge >= 0.3 is 6.09 Å². The van der Waals surface area contributed by atoms with Gasteiger partial charge in [-0.25, -0.2) is 13.6 Å². The van der Waals surface area contributed by atoms with Crippen LogP contribution in [0.3, 0.4) is 0 Å². The average molecular weight is 344 g/mol. The Morgan fingerprint density at radius 3 is 2.61 bits per heavy atom. The van der Waals surface area contributed by atoms with Crippen molar-refractivity contribution in [3.05, 3.63) is 21.9 Å². The zero-order valence-electron chi connectivity index (χ0n) is 12.4. The van der Waals surface area contributed by atoms with Crippen LogP contribution in [0.2, 0.25) is 0 Å². The van der Waals surface area contributed by atoms with Gasteiger partial charge in [-0.3, -0.25) is 4.79 Å². The van der Waals surface area contributed by atoms with Crippen molar-refractivity contribution in [2.24, 2.45) is 0 Å². The third-order valence-electron chi connectivity index (χ3n) is 4.40. The molecular formula is C15H18F2N2O3S. The van der Waals surface area contributed by atoms with Gasteiger partial charge in [0.2, 0.25) is 5.92 Å². The Morgan fingerprint density at radius 1 is 1.26 bits per heavy atom. The number of carbonyl (C=O) groups is 2. The van der Waals surface area contributed by atoms with Crippen LogP contribution < -0.4 is 10.6 Å². The van der Waals surface area contributed by atoms with E-state index in [4.69, 9.17) is 5.11 Å². The number of carbonyl (C=O) groups excluding carboxylic acids is 1. The molecule has 0 unspecified atom stereocenters. The number of alkyl halides is 2. The first-order chi connectivity index (χ1) is 10.8. The summed E-state index contributed by atoms with van der Waals surface area (Å²) in [5.74, 6) is -2.72.